The highest BCUT2D eigenvalue weighted by Crippen LogP contribution is 2.55. The summed E-state index contributed by atoms with van der Waals surface area (Å²) in [7, 11) is 0. The van der Waals surface area contributed by atoms with Crippen molar-refractivity contribution in [3.8, 4) is 6.07 Å². The summed E-state index contributed by atoms with van der Waals surface area (Å²) in [6.07, 6.45) is 1.17. The van der Waals surface area contributed by atoms with Crippen LogP contribution in [0.2, 0.25) is 0 Å². The number of Topliss-reactive ketones (excluding diaryl/α,β-unsaturated/α-hetero) is 1. The van der Waals surface area contributed by atoms with Crippen molar-refractivity contribution in [1.29, 1.82) is 5.26 Å². The van der Waals surface area contributed by atoms with Crippen molar-refractivity contribution < 1.29 is 14.5 Å². The average molecular weight is 506 g/mol. The van der Waals surface area contributed by atoms with Crippen LogP contribution in [0.1, 0.15) is 24.8 Å². The standard InChI is InChI=1S/C23H16BrN5O4/c24-12-7-8-17-15(9-12)23(22(31)27-17)16(11-25)21(26)28(18-5-2-6-19(30)20(18)23)13-3-1-4-14(10-13)29(32)33/h1,3-4,7-10H,2,5-6,26H2,(H,27,31). The molecule has 1 unspecified atom stereocenters. The Bertz CT molecular complexity index is 1390. The molecular weight excluding hydrogens is 490 g/mol. The van der Waals surface area contributed by atoms with Gasteiger partial charge in [0, 0.05) is 45.5 Å². The number of non-ortho nitro benzene ring substituents is 1. The van der Waals surface area contributed by atoms with Gasteiger partial charge in [0.05, 0.1) is 16.2 Å². The van der Waals surface area contributed by atoms with Crippen molar-refractivity contribution in [2.24, 2.45) is 5.73 Å². The predicted octanol–water partition coefficient (Wildman–Crippen LogP) is 3.77. The van der Waals surface area contributed by atoms with Gasteiger partial charge in [0.1, 0.15) is 17.3 Å². The van der Waals surface area contributed by atoms with Crippen molar-refractivity contribution in [3.63, 3.8) is 0 Å². The molecule has 3 N–H and O–H groups in total. The molecule has 9 nitrogen and oxygen atoms in total. The Balaban J connectivity index is 1.87. The third kappa shape index (κ3) is 2.75. The van der Waals surface area contributed by atoms with Gasteiger partial charge in [-0.05, 0) is 37.1 Å². The van der Waals surface area contributed by atoms with Crippen LogP contribution in [-0.4, -0.2) is 16.6 Å². The zero-order chi connectivity index (χ0) is 23.5. The van der Waals surface area contributed by atoms with E-state index in [9.17, 15) is 25.0 Å². The summed E-state index contributed by atoms with van der Waals surface area (Å²) >= 11 is 3.42. The van der Waals surface area contributed by atoms with E-state index in [-0.39, 0.29) is 34.9 Å². The summed E-state index contributed by atoms with van der Waals surface area (Å²) in [5.41, 5.74) is 6.60. The number of carbonyl (C=O) groups is 2. The van der Waals surface area contributed by atoms with Gasteiger partial charge in [-0.2, -0.15) is 5.26 Å². The first-order valence-electron chi connectivity index (χ1n) is 10.1. The van der Waals surface area contributed by atoms with E-state index in [0.29, 0.717) is 39.9 Å². The van der Waals surface area contributed by atoms with E-state index < -0.39 is 16.2 Å². The molecule has 2 aliphatic heterocycles. The maximum Gasteiger partial charge on any atom is 0.271 e. The number of hydrogen-bond acceptors (Lipinski definition) is 7. The van der Waals surface area contributed by atoms with Crippen LogP contribution < -0.4 is 16.0 Å². The van der Waals surface area contributed by atoms with E-state index in [2.05, 4.69) is 27.3 Å². The lowest BCUT2D eigenvalue weighted by Crippen LogP contribution is -2.50. The first-order chi connectivity index (χ1) is 15.8. The highest BCUT2D eigenvalue weighted by atomic mass is 79.9. The number of rotatable bonds is 2. The van der Waals surface area contributed by atoms with E-state index in [1.807, 2.05) is 0 Å². The number of anilines is 2. The van der Waals surface area contributed by atoms with Crippen LogP contribution in [0.4, 0.5) is 17.1 Å². The summed E-state index contributed by atoms with van der Waals surface area (Å²) in [4.78, 5) is 39.3. The van der Waals surface area contributed by atoms with Crippen LogP contribution >= 0.6 is 15.9 Å². The van der Waals surface area contributed by atoms with Gasteiger partial charge < -0.3 is 11.1 Å². The Hall–Kier alpha value is -3.97. The summed E-state index contributed by atoms with van der Waals surface area (Å²) in [5.74, 6) is -0.805. The number of amides is 1. The highest BCUT2D eigenvalue weighted by Gasteiger charge is 2.60. The first kappa shape index (κ1) is 20.9. The molecule has 1 amide bonds. The smallest absolute Gasteiger partial charge is 0.271 e. The molecule has 10 heteroatoms. The van der Waals surface area contributed by atoms with Crippen LogP contribution in [-0.2, 0) is 15.0 Å². The average Bonchev–Trinajstić information content (AvgIpc) is 3.06. The molecule has 164 valence electrons. The Kier molecular flexibility index (Phi) is 4.61. The van der Waals surface area contributed by atoms with Gasteiger partial charge in [-0.1, -0.05) is 22.0 Å². The number of hydrogen-bond donors (Lipinski definition) is 2. The summed E-state index contributed by atoms with van der Waals surface area (Å²) in [6, 6.07) is 13.1. The zero-order valence-electron chi connectivity index (χ0n) is 17.1. The molecule has 5 rings (SSSR count). The summed E-state index contributed by atoms with van der Waals surface area (Å²) < 4.78 is 0.680. The van der Waals surface area contributed by atoms with Crippen molar-refractivity contribution in [1.82, 2.24) is 0 Å². The third-order valence-corrected chi connectivity index (χ3v) is 6.78. The Morgan fingerprint density at radius 3 is 2.73 bits per heavy atom. The predicted molar refractivity (Wildman–Crippen MR) is 123 cm³/mol. The Morgan fingerprint density at radius 1 is 1.21 bits per heavy atom. The molecule has 2 heterocycles. The second-order valence-electron chi connectivity index (χ2n) is 7.98. The van der Waals surface area contributed by atoms with Crippen LogP contribution in [0.5, 0.6) is 0 Å². The highest BCUT2D eigenvalue weighted by molar-refractivity contribution is 9.10. The first-order valence-corrected chi connectivity index (χ1v) is 10.9. The topological polar surface area (TPSA) is 142 Å². The van der Waals surface area contributed by atoms with E-state index in [0.717, 1.165) is 0 Å². The van der Waals surface area contributed by atoms with Gasteiger partial charge in [-0.15, -0.1) is 0 Å². The van der Waals surface area contributed by atoms with Gasteiger partial charge in [0.25, 0.3) is 5.69 Å². The van der Waals surface area contributed by atoms with E-state index in [1.54, 1.807) is 24.3 Å². The molecule has 2 aromatic rings. The number of ketones is 1. The van der Waals surface area contributed by atoms with Crippen LogP contribution in [0.25, 0.3) is 0 Å². The van der Waals surface area contributed by atoms with E-state index in [1.165, 1.54) is 23.1 Å². The minimum absolute atomic E-state index is 0.0329. The molecule has 0 saturated carbocycles. The van der Waals surface area contributed by atoms with Crippen LogP contribution in [0.15, 0.2) is 69.6 Å². The fourth-order valence-electron chi connectivity index (χ4n) is 5.00. The molecule has 0 fully saturated rings. The number of benzene rings is 2. The number of carbonyl (C=O) groups excluding carboxylic acids is 2. The van der Waals surface area contributed by atoms with E-state index in [4.69, 9.17) is 5.73 Å². The maximum atomic E-state index is 13.6. The summed E-state index contributed by atoms with van der Waals surface area (Å²) in [5, 5.41) is 24.4. The van der Waals surface area contributed by atoms with Gasteiger partial charge in [-0.3, -0.25) is 24.6 Å². The Morgan fingerprint density at radius 2 is 2.00 bits per heavy atom. The lowest BCUT2D eigenvalue weighted by Gasteiger charge is -2.43. The number of allylic oxidation sites excluding steroid dienone is 1. The Labute approximate surface area is 196 Å². The van der Waals surface area contributed by atoms with Crippen molar-refractivity contribution in [3.05, 3.63) is 85.3 Å². The molecule has 33 heavy (non-hydrogen) atoms. The molecule has 1 aliphatic carbocycles. The second kappa shape index (κ2) is 7.28. The van der Waals surface area contributed by atoms with Crippen molar-refractivity contribution >= 4 is 44.7 Å². The van der Waals surface area contributed by atoms with Gasteiger partial charge >= 0.3 is 0 Å². The van der Waals surface area contributed by atoms with Crippen LogP contribution in [0.3, 0.4) is 0 Å². The number of nitriles is 1. The number of nitrogens with one attached hydrogen (secondary N) is 1. The minimum atomic E-state index is -1.68. The molecule has 0 radical (unpaired) electrons. The third-order valence-electron chi connectivity index (χ3n) is 6.29. The molecule has 2 aromatic carbocycles. The quantitative estimate of drug-likeness (QED) is 0.466. The number of nitro benzene ring substituents is 1. The maximum absolute atomic E-state index is 13.6. The molecule has 0 bridgehead atoms. The van der Waals surface area contributed by atoms with E-state index >= 15 is 0 Å². The van der Waals surface area contributed by atoms with Gasteiger partial charge in [-0.25, -0.2) is 0 Å². The monoisotopic (exact) mass is 505 g/mol. The zero-order valence-corrected chi connectivity index (χ0v) is 18.7. The van der Waals surface area contributed by atoms with Gasteiger partial charge in [0.2, 0.25) is 5.91 Å². The SMILES string of the molecule is N#CC1=C(N)N(c2cccc([N+](=O)[O-])c2)C2=C(C(=O)CCC2)C12C(=O)Nc1ccc(Br)cc12. The minimum Gasteiger partial charge on any atom is -0.384 e. The van der Waals surface area contributed by atoms with Crippen LogP contribution in [0, 0.1) is 21.4 Å². The van der Waals surface area contributed by atoms with Crippen molar-refractivity contribution in [2.45, 2.75) is 24.7 Å². The number of nitrogens with two attached hydrogens (primary N) is 1. The second-order valence-corrected chi connectivity index (χ2v) is 8.89. The fourth-order valence-corrected chi connectivity index (χ4v) is 5.36. The summed E-state index contributed by atoms with van der Waals surface area (Å²) in [6.45, 7) is 0. The van der Waals surface area contributed by atoms with Crippen molar-refractivity contribution in [2.75, 3.05) is 10.2 Å². The molecule has 1 atom stereocenters. The number of fused-ring (bicyclic) bond motifs is 3. The lowest BCUT2D eigenvalue weighted by molar-refractivity contribution is -0.384. The molecule has 3 aliphatic rings. The molecule has 1 spiro atoms. The molecule has 0 aromatic heterocycles. The molecule has 0 saturated heterocycles. The fraction of sp³-hybridized carbons (Fsp3) is 0.174. The largest absolute Gasteiger partial charge is 0.384 e. The number of nitro groups is 1. The normalized spacial score (nSPS) is 21.6. The number of nitrogens with zero attached hydrogens (tertiary/aromatic N) is 3. The lowest BCUT2D eigenvalue weighted by atomic mass is 9.64. The number of halogens is 1. The van der Waals surface area contributed by atoms with Gasteiger partial charge in [0.15, 0.2) is 5.78 Å². The molecular formula is C23H16BrN5O4.